The lowest BCUT2D eigenvalue weighted by Gasteiger charge is -2.35. The van der Waals surface area contributed by atoms with Gasteiger partial charge in [-0.2, -0.15) is 0 Å². The number of benzene rings is 2. The van der Waals surface area contributed by atoms with Gasteiger partial charge in [-0.25, -0.2) is 9.78 Å². The van der Waals surface area contributed by atoms with E-state index < -0.39 is 5.97 Å². The number of carbonyl (C=O) groups excluding carboxylic acids is 2. The summed E-state index contributed by atoms with van der Waals surface area (Å²) in [5.74, 6) is 0.411. The zero-order valence-electron chi connectivity index (χ0n) is 20.2. The SMILES string of the molecule is COC(=O)c1ccc2c(=O)n(Cc3ccc(C(=O)N4CCN(c5ccccn5)CC4)cc3)c(=S)[nH]c2c1. The van der Waals surface area contributed by atoms with E-state index in [1.807, 2.05) is 35.2 Å². The monoisotopic (exact) mass is 515 g/mol. The number of nitrogens with zero attached hydrogens (tertiary/aromatic N) is 4. The number of anilines is 1. The number of piperazine rings is 1. The number of amides is 1. The highest BCUT2D eigenvalue weighted by molar-refractivity contribution is 7.71. The lowest BCUT2D eigenvalue weighted by atomic mass is 10.1. The molecule has 0 atom stereocenters. The average molecular weight is 516 g/mol. The number of H-pyrrole nitrogens is 1. The van der Waals surface area contributed by atoms with E-state index in [9.17, 15) is 14.4 Å². The molecule has 10 heteroatoms. The minimum Gasteiger partial charge on any atom is -0.465 e. The van der Waals surface area contributed by atoms with Gasteiger partial charge in [-0.1, -0.05) is 18.2 Å². The summed E-state index contributed by atoms with van der Waals surface area (Å²) in [5, 5.41) is 0.415. The molecule has 1 amide bonds. The summed E-state index contributed by atoms with van der Waals surface area (Å²) in [6, 6.07) is 17.7. The fraction of sp³-hybridized carbons (Fsp3) is 0.222. The molecule has 1 saturated heterocycles. The van der Waals surface area contributed by atoms with Gasteiger partial charge in [-0.05, 0) is 60.2 Å². The number of esters is 1. The van der Waals surface area contributed by atoms with Crippen molar-refractivity contribution in [3.63, 3.8) is 0 Å². The lowest BCUT2D eigenvalue weighted by Crippen LogP contribution is -2.49. The maximum absolute atomic E-state index is 13.1. The number of pyridine rings is 1. The molecule has 2 aromatic carbocycles. The summed E-state index contributed by atoms with van der Waals surface area (Å²) in [6.07, 6.45) is 1.77. The molecule has 1 fully saturated rings. The van der Waals surface area contributed by atoms with Crippen LogP contribution in [0.15, 0.2) is 71.7 Å². The predicted octanol–water partition coefficient (Wildman–Crippen LogP) is 3.25. The summed E-state index contributed by atoms with van der Waals surface area (Å²) in [6.45, 7) is 2.95. The van der Waals surface area contributed by atoms with E-state index >= 15 is 0 Å². The zero-order valence-corrected chi connectivity index (χ0v) is 21.0. The van der Waals surface area contributed by atoms with Crippen LogP contribution in [0.1, 0.15) is 26.3 Å². The largest absolute Gasteiger partial charge is 0.465 e. The van der Waals surface area contributed by atoms with Gasteiger partial charge in [0.25, 0.3) is 11.5 Å². The maximum Gasteiger partial charge on any atom is 0.337 e. The standard InChI is InChI=1S/C27H25N5O4S/c1-36-26(35)20-9-10-21-22(16-20)29-27(37)32(25(21)34)17-18-5-7-19(8-6-18)24(33)31-14-12-30(13-15-31)23-4-2-3-11-28-23/h2-11,16H,12-15,17H2,1H3,(H,29,37). The van der Waals surface area contributed by atoms with Crippen LogP contribution in [0.25, 0.3) is 10.9 Å². The van der Waals surface area contributed by atoms with Crippen molar-refractivity contribution in [2.45, 2.75) is 6.54 Å². The van der Waals surface area contributed by atoms with Crippen molar-refractivity contribution >= 4 is 40.8 Å². The summed E-state index contributed by atoms with van der Waals surface area (Å²) < 4.78 is 6.45. The fourth-order valence-electron chi connectivity index (χ4n) is 4.44. The molecule has 0 saturated carbocycles. The van der Waals surface area contributed by atoms with Crippen molar-refractivity contribution in [1.29, 1.82) is 0 Å². The number of carbonyl (C=O) groups is 2. The third-order valence-corrected chi connectivity index (χ3v) is 6.81. The molecule has 3 heterocycles. The molecule has 0 spiro atoms. The second-order valence-electron chi connectivity index (χ2n) is 8.74. The number of ether oxygens (including phenoxy) is 1. The van der Waals surface area contributed by atoms with Crippen molar-refractivity contribution < 1.29 is 14.3 Å². The number of methoxy groups -OCH3 is 1. The molecule has 0 radical (unpaired) electrons. The van der Waals surface area contributed by atoms with Crippen molar-refractivity contribution in [2.75, 3.05) is 38.2 Å². The molecular weight excluding hydrogens is 490 g/mol. The van der Waals surface area contributed by atoms with Crippen LogP contribution < -0.4 is 10.5 Å². The highest BCUT2D eigenvalue weighted by Gasteiger charge is 2.22. The van der Waals surface area contributed by atoms with Crippen LogP contribution in [-0.2, 0) is 11.3 Å². The Hall–Kier alpha value is -4.31. The number of aromatic nitrogens is 3. The first-order valence-electron chi connectivity index (χ1n) is 11.8. The van der Waals surface area contributed by atoms with Crippen molar-refractivity contribution in [1.82, 2.24) is 19.4 Å². The van der Waals surface area contributed by atoms with Gasteiger partial charge in [0.1, 0.15) is 5.82 Å². The highest BCUT2D eigenvalue weighted by atomic mass is 32.1. The molecule has 37 heavy (non-hydrogen) atoms. The number of fused-ring (bicyclic) bond motifs is 1. The van der Waals surface area contributed by atoms with Gasteiger partial charge < -0.3 is 19.5 Å². The van der Waals surface area contributed by atoms with E-state index in [1.54, 1.807) is 36.5 Å². The maximum atomic E-state index is 13.1. The third kappa shape index (κ3) is 5.01. The Balaban J connectivity index is 1.29. The van der Waals surface area contributed by atoms with Gasteiger partial charge in [0.05, 0.1) is 30.1 Å². The van der Waals surface area contributed by atoms with Gasteiger partial charge in [-0.3, -0.25) is 14.2 Å². The van der Waals surface area contributed by atoms with E-state index in [1.165, 1.54) is 11.7 Å². The quantitative estimate of drug-likeness (QED) is 0.322. The Morgan fingerprint density at radius 3 is 2.41 bits per heavy atom. The van der Waals surface area contributed by atoms with E-state index in [0.717, 1.165) is 24.5 Å². The van der Waals surface area contributed by atoms with E-state index in [4.69, 9.17) is 17.0 Å². The Morgan fingerprint density at radius 1 is 1.00 bits per heavy atom. The molecular formula is C27H25N5O4S. The molecule has 188 valence electrons. The number of hydrogen-bond acceptors (Lipinski definition) is 7. The molecule has 1 N–H and O–H groups in total. The first-order chi connectivity index (χ1) is 17.9. The Labute approximate surface area is 217 Å². The Morgan fingerprint density at radius 2 is 1.73 bits per heavy atom. The molecule has 1 aliphatic heterocycles. The van der Waals surface area contributed by atoms with E-state index in [2.05, 4.69) is 14.9 Å². The number of nitrogens with one attached hydrogen (secondary N) is 1. The summed E-state index contributed by atoms with van der Waals surface area (Å²) >= 11 is 5.42. The molecule has 2 aromatic heterocycles. The highest BCUT2D eigenvalue weighted by Crippen LogP contribution is 2.16. The first-order valence-corrected chi connectivity index (χ1v) is 12.2. The van der Waals surface area contributed by atoms with Crippen molar-refractivity contribution in [3.8, 4) is 0 Å². The Bertz CT molecular complexity index is 1570. The van der Waals surface area contributed by atoms with E-state index in [-0.39, 0.29) is 22.8 Å². The minimum absolute atomic E-state index is 0.0196. The topological polar surface area (TPSA) is 101 Å². The lowest BCUT2D eigenvalue weighted by molar-refractivity contribution is 0.0600. The van der Waals surface area contributed by atoms with Gasteiger partial charge >= 0.3 is 5.97 Å². The third-order valence-electron chi connectivity index (χ3n) is 6.48. The molecule has 0 bridgehead atoms. The number of rotatable bonds is 5. The van der Waals surface area contributed by atoms with Crippen LogP contribution in [-0.4, -0.2) is 64.6 Å². The van der Waals surface area contributed by atoms with Crippen LogP contribution in [0.4, 0.5) is 5.82 Å². The fourth-order valence-corrected chi connectivity index (χ4v) is 4.70. The van der Waals surface area contributed by atoms with Crippen LogP contribution >= 0.6 is 12.2 Å². The normalized spacial score (nSPS) is 13.5. The second kappa shape index (κ2) is 10.4. The summed E-state index contributed by atoms with van der Waals surface area (Å²) in [5.41, 5.74) is 1.97. The molecule has 9 nitrogen and oxygen atoms in total. The number of aromatic amines is 1. The molecule has 0 aliphatic carbocycles. The second-order valence-corrected chi connectivity index (χ2v) is 9.12. The van der Waals surface area contributed by atoms with Crippen molar-refractivity contribution in [3.05, 3.63) is 98.7 Å². The van der Waals surface area contributed by atoms with Gasteiger partial charge in [-0.15, -0.1) is 0 Å². The molecule has 4 aromatic rings. The van der Waals surface area contributed by atoms with Gasteiger partial charge in [0.15, 0.2) is 4.77 Å². The summed E-state index contributed by atoms with van der Waals surface area (Å²) in [4.78, 5) is 49.4. The van der Waals surface area contributed by atoms with Crippen molar-refractivity contribution in [2.24, 2.45) is 0 Å². The molecule has 5 rings (SSSR count). The van der Waals surface area contributed by atoms with Gasteiger partial charge in [0.2, 0.25) is 0 Å². The molecule has 1 aliphatic rings. The van der Waals surface area contributed by atoms with Crippen LogP contribution in [0, 0.1) is 4.77 Å². The number of hydrogen-bond donors (Lipinski definition) is 1. The smallest absolute Gasteiger partial charge is 0.337 e. The van der Waals surface area contributed by atoms with E-state index in [0.29, 0.717) is 35.1 Å². The van der Waals surface area contributed by atoms with Crippen LogP contribution in [0.3, 0.4) is 0 Å². The van der Waals surface area contributed by atoms with Crippen LogP contribution in [0.2, 0.25) is 0 Å². The average Bonchev–Trinajstić information content (AvgIpc) is 2.95. The minimum atomic E-state index is -0.491. The predicted molar refractivity (Wildman–Crippen MR) is 143 cm³/mol. The van der Waals surface area contributed by atoms with Gasteiger partial charge in [0, 0.05) is 37.9 Å². The molecule has 0 unspecified atom stereocenters. The Kier molecular flexibility index (Phi) is 6.82. The zero-order chi connectivity index (χ0) is 25.9. The summed E-state index contributed by atoms with van der Waals surface area (Å²) in [7, 11) is 1.30. The van der Waals surface area contributed by atoms with Crippen LogP contribution in [0.5, 0.6) is 0 Å². The first kappa shape index (κ1) is 24.4.